The van der Waals surface area contributed by atoms with Crippen molar-refractivity contribution < 1.29 is 17.2 Å². The first-order valence-corrected chi connectivity index (χ1v) is 12.8. The lowest BCUT2D eigenvalue weighted by atomic mass is 9.93. The lowest BCUT2D eigenvalue weighted by Crippen LogP contribution is -2.04. The molecule has 0 fully saturated rings. The van der Waals surface area contributed by atoms with E-state index >= 15 is 0 Å². The summed E-state index contributed by atoms with van der Waals surface area (Å²) in [6.45, 7) is 2.04. The van der Waals surface area contributed by atoms with Crippen LogP contribution in [0.1, 0.15) is 6.92 Å². The average molecular weight is 568 g/mol. The number of benzene rings is 4. The smallest absolute Gasteiger partial charge is 0.190 e. The Kier molecular flexibility index (Phi) is 6.53. The zero-order chi connectivity index (χ0) is 21.4. The Morgan fingerprint density at radius 2 is 1.30 bits per heavy atom. The molecular weight excluding hydrogens is 552 g/mol. The van der Waals surface area contributed by atoms with Gasteiger partial charge in [0.1, 0.15) is 0 Å². The molecule has 0 aliphatic carbocycles. The van der Waals surface area contributed by atoms with Gasteiger partial charge >= 0.3 is 0 Å². The molecule has 0 aliphatic heterocycles. The molecular formula is C22H16Br2O4S2. The molecule has 0 heterocycles. The Labute approximate surface area is 195 Å². The molecule has 1 N–H and O–H groups in total. The molecule has 0 bridgehead atoms. The van der Waals surface area contributed by atoms with E-state index in [1.807, 2.05) is 60.7 Å². The average Bonchev–Trinajstić information content (AvgIpc) is 2.71. The lowest BCUT2D eigenvalue weighted by Gasteiger charge is -2.19. The van der Waals surface area contributed by atoms with Gasteiger partial charge in [0, 0.05) is 20.1 Å². The Morgan fingerprint density at radius 3 is 1.80 bits per heavy atom. The molecule has 4 aromatic rings. The quantitative estimate of drug-likeness (QED) is 0.269. The van der Waals surface area contributed by atoms with Crippen molar-refractivity contribution in [2.75, 3.05) is 6.61 Å². The molecule has 2 atom stereocenters. The van der Waals surface area contributed by atoms with Gasteiger partial charge in [-0.15, -0.1) is 0 Å². The monoisotopic (exact) mass is 566 g/mol. The van der Waals surface area contributed by atoms with Crippen molar-refractivity contribution in [2.45, 2.75) is 16.7 Å². The summed E-state index contributed by atoms with van der Waals surface area (Å²) in [6, 6.07) is 19.0. The van der Waals surface area contributed by atoms with E-state index in [2.05, 4.69) is 31.9 Å². The Morgan fingerprint density at radius 1 is 0.833 bits per heavy atom. The van der Waals surface area contributed by atoms with Crippen molar-refractivity contribution in [3.8, 4) is 11.1 Å². The van der Waals surface area contributed by atoms with Gasteiger partial charge in [-0.1, -0.05) is 48.5 Å². The van der Waals surface area contributed by atoms with E-state index in [0.29, 0.717) is 25.0 Å². The second kappa shape index (κ2) is 8.98. The number of hydrogen-bond acceptors (Lipinski definition) is 3. The third kappa shape index (κ3) is 3.81. The minimum absolute atomic E-state index is 0.228. The number of halogens is 2. The van der Waals surface area contributed by atoms with E-state index in [-0.39, 0.29) is 11.5 Å². The maximum absolute atomic E-state index is 13.1. The number of hydrogen-bond donors (Lipinski definition) is 1. The van der Waals surface area contributed by atoms with Gasteiger partial charge in [-0.2, -0.15) is 0 Å². The summed E-state index contributed by atoms with van der Waals surface area (Å²) >= 11 is 2.96. The molecule has 4 nitrogen and oxygen atoms in total. The van der Waals surface area contributed by atoms with Crippen LogP contribution in [-0.4, -0.2) is 19.6 Å². The number of fused-ring (bicyclic) bond motifs is 2. The van der Waals surface area contributed by atoms with Crippen LogP contribution < -0.4 is 0 Å². The van der Waals surface area contributed by atoms with E-state index < -0.39 is 22.2 Å². The zero-order valence-corrected chi connectivity index (χ0v) is 20.5. The van der Waals surface area contributed by atoms with Gasteiger partial charge in [-0.05, 0) is 72.5 Å². The second-order valence-electron chi connectivity index (χ2n) is 6.46. The summed E-state index contributed by atoms with van der Waals surface area (Å²) in [7, 11) is 0. The molecule has 4 aromatic carbocycles. The second-order valence-corrected chi connectivity index (χ2v) is 10.2. The molecule has 0 spiro atoms. The number of rotatable bonds is 5. The Hall–Kier alpha value is -1.42. The first kappa shape index (κ1) is 21.8. The summed E-state index contributed by atoms with van der Waals surface area (Å²) in [5, 5.41) is 3.41. The summed E-state index contributed by atoms with van der Waals surface area (Å²) in [6.07, 6.45) is 0. The van der Waals surface area contributed by atoms with Gasteiger partial charge in [0.15, 0.2) is 22.2 Å². The molecule has 4 rings (SSSR count). The largest absolute Gasteiger partial charge is 0.302 e. The minimum atomic E-state index is -2.29. The van der Waals surface area contributed by atoms with Gasteiger partial charge in [-0.3, -0.25) is 4.18 Å². The lowest BCUT2D eigenvalue weighted by molar-refractivity contribution is 0.371. The molecule has 0 radical (unpaired) electrons. The highest BCUT2D eigenvalue weighted by Gasteiger charge is 2.26. The first-order chi connectivity index (χ1) is 14.4. The van der Waals surface area contributed by atoms with Crippen LogP contribution in [0, 0.1) is 0 Å². The van der Waals surface area contributed by atoms with Gasteiger partial charge in [-0.25, -0.2) is 8.42 Å². The molecule has 0 aliphatic rings. The molecule has 8 heteroatoms. The van der Waals surface area contributed by atoms with Crippen LogP contribution in [0.5, 0.6) is 0 Å². The SMILES string of the molecule is CCOS(=O)c1c(Br)cc2ccccc2c1-c1c(S(=O)O)c(Br)cc2ccccc12. The molecule has 0 saturated carbocycles. The van der Waals surface area contributed by atoms with Gasteiger partial charge in [0.25, 0.3) is 0 Å². The molecule has 30 heavy (non-hydrogen) atoms. The van der Waals surface area contributed by atoms with Gasteiger partial charge in [0.2, 0.25) is 0 Å². The predicted molar refractivity (Wildman–Crippen MR) is 129 cm³/mol. The topological polar surface area (TPSA) is 63.6 Å². The highest BCUT2D eigenvalue weighted by Crippen LogP contribution is 2.46. The molecule has 2 unspecified atom stereocenters. The van der Waals surface area contributed by atoms with Crippen LogP contribution in [0.2, 0.25) is 0 Å². The molecule has 154 valence electrons. The third-order valence-corrected chi connectivity index (χ3v) is 8.49. The van der Waals surface area contributed by atoms with Crippen LogP contribution >= 0.6 is 31.9 Å². The fourth-order valence-corrected chi connectivity index (χ4v) is 6.83. The fraction of sp³-hybridized carbons (Fsp3) is 0.0909. The van der Waals surface area contributed by atoms with E-state index in [1.165, 1.54) is 0 Å². The van der Waals surface area contributed by atoms with Crippen molar-refractivity contribution in [1.82, 2.24) is 0 Å². The first-order valence-electron chi connectivity index (χ1n) is 9.02. The maximum Gasteiger partial charge on any atom is 0.190 e. The summed E-state index contributed by atoms with van der Waals surface area (Å²) < 4.78 is 42.3. The van der Waals surface area contributed by atoms with Crippen molar-refractivity contribution >= 4 is 75.6 Å². The summed E-state index contributed by atoms with van der Waals surface area (Å²) in [5.74, 6) is 0. The molecule has 0 saturated heterocycles. The van der Waals surface area contributed by atoms with Crippen LogP contribution in [0.25, 0.3) is 32.7 Å². The van der Waals surface area contributed by atoms with Crippen molar-refractivity contribution in [1.29, 1.82) is 0 Å². The highest BCUT2D eigenvalue weighted by atomic mass is 79.9. The summed E-state index contributed by atoms with van der Waals surface area (Å²) in [4.78, 5) is 0.664. The molecule has 0 amide bonds. The van der Waals surface area contributed by atoms with E-state index in [1.54, 1.807) is 6.92 Å². The minimum Gasteiger partial charge on any atom is -0.302 e. The maximum atomic E-state index is 13.1. The standard InChI is InChI=1S/C22H16Br2O4S2/c1-2-28-30(27)22-18(24)12-14-8-4-6-10-16(14)20(22)19-15-9-5-3-7-13(15)11-17(23)21(19)29(25)26/h3-12H,2H2,1H3,(H,25,26). The van der Waals surface area contributed by atoms with Gasteiger partial charge in [0.05, 0.1) is 16.4 Å². The fourth-order valence-electron chi connectivity index (χ4n) is 3.58. The summed E-state index contributed by atoms with van der Waals surface area (Å²) in [5.41, 5.74) is 1.17. The zero-order valence-electron chi connectivity index (χ0n) is 15.7. The van der Waals surface area contributed by atoms with E-state index in [9.17, 15) is 13.0 Å². The molecule has 0 aromatic heterocycles. The van der Waals surface area contributed by atoms with Crippen molar-refractivity contribution in [2.24, 2.45) is 0 Å². The van der Waals surface area contributed by atoms with Gasteiger partial charge < -0.3 is 4.55 Å². The van der Waals surface area contributed by atoms with Crippen LogP contribution in [0.4, 0.5) is 0 Å². The normalized spacial score (nSPS) is 13.6. The Balaban J connectivity index is 2.29. The third-order valence-electron chi connectivity index (χ3n) is 4.73. The van der Waals surface area contributed by atoms with Crippen LogP contribution in [0.15, 0.2) is 79.4 Å². The van der Waals surface area contributed by atoms with Crippen LogP contribution in [-0.2, 0) is 26.3 Å². The predicted octanol–water partition coefficient (Wildman–Crippen LogP) is 6.82. The van der Waals surface area contributed by atoms with Crippen molar-refractivity contribution in [3.05, 3.63) is 69.6 Å². The van der Waals surface area contributed by atoms with Crippen LogP contribution in [0.3, 0.4) is 0 Å². The highest BCUT2D eigenvalue weighted by molar-refractivity contribution is 9.10. The van der Waals surface area contributed by atoms with E-state index in [0.717, 1.165) is 21.5 Å². The Bertz CT molecular complexity index is 1340. The van der Waals surface area contributed by atoms with E-state index in [4.69, 9.17) is 4.18 Å². The van der Waals surface area contributed by atoms with Crippen molar-refractivity contribution in [3.63, 3.8) is 0 Å².